The third-order valence-electron chi connectivity index (χ3n) is 3.38. The van der Waals surface area contributed by atoms with Gasteiger partial charge in [0.15, 0.2) is 0 Å². The fraction of sp³-hybridized carbons (Fsp3) is 0.235. The monoisotopic (exact) mass is 336 g/mol. The molecule has 0 aliphatic rings. The van der Waals surface area contributed by atoms with Crippen molar-refractivity contribution in [2.75, 3.05) is 5.32 Å². The van der Waals surface area contributed by atoms with Gasteiger partial charge in [-0.15, -0.1) is 0 Å². The van der Waals surface area contributed by atoms with Crippen molar-refractivity contribution in [1.82, 2.24) is 5.32 Å². The Hall–Kier alpha value is -1.55. The summed E-state index contributed by atoms with van der Waals surface area (Å²) in [6.07, 6.45) is 0. The van der Waals surface area contributed by atoms with Gasteiger partial charge in [0, 0.05) is 11.1 Å². The van der Waals surface area contributed by atoms with E-state index in [9.17, 15) is 4.79 Å². The largest absolute Gasteiger partial charge is 0.323 e. The molecule has 0 bridgehead atoms. The summed E-state index contributed by atoms with van der Waals surface area (Å²) in [5, 5.41) is 7.04. The molecule has 5 heteroatoms. The fourth-order valence-electron chi connectivity index (χ4n) is 2.12. The third kappa shape index (κ3) is 4.47. The van der Waals surface area contributed by atoms with E-state index in [1.165, 1.54) is 0 Å². The predicted molar refractivity (Wildman–Crippen MR) is 92.5 cm³/mol. The van der Waals surface area contributed by atoms with E-state index in [1.807, 2.05) is 44.2 Å². The zero-order valence-corrected chi connectivity index (χ0v) is 13.9. The first-order chi connectivity index (χ1) is 10.5. The predicted octanol–water partition coefficient (Wildman–Crippen LogP) is 4.67. The molecule has 0 aliphatic carbocycles. The molecule has 0 saturated carbocycles. The molecular weight excluding hydrogens is 319 g/mol. The fourth-order valence-corrected chi connectivity index (χ4v) is 2.46. The van der Waals surface area contributed by atoms with Gasteiger partial charge in [-0.2, -0.15) is 0 Å². The summed E-state index contributed by atoms with van der Waals surface area (Å²) in [5.74, 6) is -0.160. The average molecular weight is 337 g/mol. The molecule has 22 heavy (non-hydrogen) atoms. The molecule has 0 fully saturated rings. The van der Waals surface area contributed by atoms with Crippen molar-refractivity contribution >= 4 is 34.8 Å². The standard InChI is InChI=1S/C17H18Cl2N2O/c1-11(13-6-4-3-5-7-13)20-12(2)17(22)21-16-10-14(18)8-9-15(16)19/h3-12,20H,1-2H3,(H,21,22)/t11-,12-/m0/s1. The SMILES string of the molecule is C[C@H](N[C@@H](C)c1ccccc1)C(=O)Nc1cc(Cl)ccc1Cl. The van der Waals surface area contributed by atoms with Gasteiger partial charge in [-0.05, 0) is 37.6 Å². The summed E-state index contributed by atoms with van der Waals surface area (Å²) in [6.45, 7) is 3.83. The van der Waals surface area contributed by atoms with Crippen LogP contribution in [0.15, 0.2) is 48.5 Å². The number of benzene rings is 2. The van der Waals surface area contributed by atoms with Crippen LogP contribution in [-0.2, 0) is 4.79 Å². The van der Waals surface area contributed by atoms with Gasteiger partial charge < -0.3 is 5.32 Å². The molecule has 2 aromatic carbocycles. The summed E-state index contributed by atoms with van der Waals surface area (Å²) >= 11 is 12.0. The molecule has 0 aromatic heterocycles. The minimum Gasteiger partial charge on any atom is -0.323 e. The van der Waals surface area contributed by atoms with E-state index in [2.05, 4.69) is 10.6 Å². The van der Waals surface area contributed by atoms with Gasteiger partial charge in [0.2, 0.25) is 5.91 Å². The van der Waals surface area contributed by atoms with E-state index < -0.39 is 0 Å². The van der Waals surface area contributed by atoms with Crippen molar-refractivity contribution in [3.63, 3.8) is 0 Å². The van der Waals surface area contributed by atoms with Gasteiger partial charge in [-0.3, -0.25) is 10.1 Å². The van der Waals surface area contributed by atoms with Crippen LogP contribution in [0.3, 0.4) is 0 Å². The number of rotatable bonds is 5. The van der Waals surface area contributed by atoms with Crippen LogP contribution in [0.1, 0.15) is 25.5 Å². The van der Waals surface area contributed by atoms with Crippen molar-refractivity contribution in [2.24, 2.45) is 0 Å². The summed E-state index contributed by atoms with van der Waals surface area (Å²) in [6, 6.07) is 14.6. The van der Waals surface area contributed by atoms with Crippen molar-refractivity contribution < 1.29 is 4.79 Å². The molecule has 0 aliphatic heterocycles. The van der Waals surface area contributed by atoms with E-state index in [1.54, 1.807) is 18.2 Å². The highest BCUT2D eigenvalue weighted by atomic mass is 35.5. The second kappa shape index (κ2) is 7.63. The first kappa shape index (κ1) is 16.8. The lowest BCUT2D eigenvalue weighted by Crippen LogP contribution is -2.39. The lowest BCUT2D eigenvalue weighted by atomic mass is 10.1. The maximum atomic E-state index is 12.3. The topological polar surface area (TPSA) is 41.1 Å². The number of hydrogen-bond donors (Lipinski definition) is 2. The Bertz CT molecular complexity index is 646. The third-order valence-corrected chi connectivity index (χ3v) is 3.94. The first-order valence-electron chi connectivity index (χ1n) is 7.04. The summed E-state index contributed by atoms with van der Waals surface area (Å²) in [4.78, 5) is 12.3. The molecule has 2 aromatic rings. The van der Waals surface area contributed by atoms with Crippen LogP contribution < -0.4 is 10.6 Å². The molecule has 0 saturated heterocycles. The quantitative estimate of drug-likeness (QED) is 0.832. The number of halogens is 2. The van der Waals surface area contributed by atoms with Gasteiger partial charge in [0.1, 0.15) is 0 Å². The molecule has 2 atom stereocenters. The maximum absolute atomic E-state index is 12.3. The second-order valence-corrected chi connectivity index (χ2v) is 5.98. The maximum Gasteiger partial charge on any atom is 0.241 e. The number of carbonyl (C=O) groups excluding carboxylic acids is 1. The molecule has 3 nitrogen and oxygen atoms in total. The van der Waals surface area contributed by atoms with E-state index in [0.717, 1.165) is 5.56 Å². The van der Waals surface area contributed by atoms with Crippen LogP contribution in [0.25, 0.3) is 0 Å². The van der Waals surface area contributed by atoms with Gasteiger partial charge >= 0.3 is 0 Å². The zero-order valence-electron chi connectivity index (χ0n) is 12.4. The minimum absolute atomic E-state index is 0.0665. The molecule has 0 spiro atoms. The van der Waals surface area contributed by atoms with Crippen molar-refractivity contribution in [3.8, 4) is 0 Å². The van der Waals surface area contributed by atoms with Gasteiger partial charge in [0.25, 0.3) is 0 Å². The number of hydrogen-bond acceptors (Lipinski definition) is 2. The molecular formula is C17H18Cl2N2O. The van der Waals surface area contributed by atoms with Crippen LogP contribution in [0, 0.1) is 0 Å². The summed E-state index contributed by atoms with van der Waals surface area (Å²) in [7, 11) is 0. The lowest BCUT2D eigenvalue weighted by Gasteiger charge is -2.20. The molecule has 2 rings (SSSR count). The molecule has 116 valence electrons. The molecule has 2 N–H and O–H groups in total. The summed E-state index contributed by atoms with van der Waals surface area (Å²) in [5.41, 5.74) is 1.64. The van der Waals surface area contributed by atoms with E-state index >= 15 is 0 Å². The Morgan fingerprint density at radius 3 is 2.41 bits per heavy atom. The second-order valence-electron chi connectivity index (χ2n) is 5.13. The molecule has 0 heterocycles. The molecule has 1 amide bonds. The Morgan fingerprint density at radius 2 is 1.73 bits per heavy atom. The zero-order chi connectivity index (χ0) is 16.1. The highest BCUT2D eigenvalue weighted by molar-refractivity contribution is 6.35. The van der Waals surface area contributed by atoms with Crippen LogP contribution in [0.4, 0.5) is 5.69 Å². The Labute approximate surface area is 140 Å². The van der Waals surface area contributed by atoms with Crippen molar-refractivity contribution in [2.45, 2.75) is 25.9 Å². The van der Waals surface area contributed by atoms with Gasteiger partial charge in [-0.1, -0.05) is 53.5 Å². The lowest BCUT2D eigenvalue weighted by molar-refractivity contribution is -0.117. The normalized spacial score (nSPS) is 13.5. The molecule has 0 radical (unpaired) electrons. The number of nitrogens with one attached hydrogen (secondary N) is 2. The van der Waals surface area contributed by atoms with Gasteiger partial charge in [0.05, 0.1) is 16.8 Å². The Kier molecular flexibility index (Phi) is 5.83. The van der Waals surface area contributed by atoms with Crippen LogP contribution >= 0.6 is 23.2 Å². The van der Waals surface area contributed by atoms with Crippen LogP contribution in [-0.4, -0.2) is 11.9 Å². The highest BCUT2D eigenvalue weighted by Gasteiger charge is 2.17. The number of carbonyl (C=O) groups is 1. The van der Waals surface area contributed by atoms with E-state index in [4.69, 9.17) is 23.2 Å². The van der Waals surface area contributed by atoms with Crippen LogP contribution in [0.2, 0.25) is 10.0 Å². The van der Waals surface area contributed by atoms with Gasteiger partial charge in [-0.25, -0.2) is 0 Å². The van der Waals surface area contributed by atoms with Crippen LogP contribution in [0.5, 0.6) is 0 Å². The van der Waals surface area contributed by atoms with E-state index in [0.29, 0.717) is 15.7 Å². The smallest absolute Gasteiger partial charge is 0.241 e. The number of anilines is 1. The Balaban J connectivity index is 1.99. The van der Waals surface area contributed by atoms with Crippen molar-refractivity contribution in [1.29, 1.82) is 0 Å². The van der Waals surface area contributed by atoms with Crippen molar-refractivity contribution in [3.05, 3.63) is 64.1 Å². The summed E-state index contributed by atoms with van der Waals surface area (Å²) < 4.78 is 0. The first-order valence-corrected chi connectivity index (χ1v) is 7.80. The van der Waals surface area contributed by atoms with E-state index in [-0.39, 0.29) is 18.0 Å². The minimum atomic E-state index is -0.370. The molecule has 0 unspecified atom stereocenters. The number of amides is 1. The highest BCUT2D eigenvalue weighted by Crippen LogP contribution is 2.25. The average Bonchev–Trinajstić information content (AvgIpc) is 2.51. The Morgan fingerprint density at radius 1 is 1.05 bits per heavy atom.